The Morgan fingerprint density at radius 3 is 1.65 bits per heavy atom. The molecule has 48 heavy (non-hydrogen) atoms. The Bertz CT molecular complexity index is 2670. The van der Waals surface area contributed by atoms with Crippen molar-refractivity contribution in [2.45, 2.75) is 38.5 Å². The maximum atomic E-state index is 4.99. The van der Waals surface area contributed by atoms with Gasteiger partial charge in [-0.15, -0.1) is 0 Å². The minimum atomic E-state index is -0.178. The maximum absolute atomic E-state index is 4.99. The van der Waals surface area contributed by atoms with Crippen molar-refractivity contribution in [1.29, 1.82) is 0 Å². The molecule has 0 atom stereocenters. The van der Waals surface area contributed by atoms with Crippen molar-refractivity contribution in [3.63, 3.8) is 0 Å². The van der Waals surface area contributed by atoms with Crippen molar-refractivity contribution < 1.29 is 0 Å². The van der Waals surface area contributed by atoms with Gasteiger partial charge in [0, 0.05) is 45.1 Å². The van der Waals surface area contributed by atoms with Gasteiger partial charge in [0.2, 0.25) is 0 Å². The van der Waals surface area contributed by atoms with Gasteiger partial charge in [0.25, 0.3) is 0 Å². The molecule has 2 aromatic heterocycles. The molecule has 0 spiro atoms. The third-order valence-electron chi connectivity index (χ3n) is 11.4. The lowest BCUT2D eigenvalue weighted by molar-refractivity contribution is 0.652. The highest BCUT2D eigenvalue weighted by Crippen LogP contribution is 2.58. The van der Waals surface area contributed by atoms with E-state index >= 15 is 0 Å². The molecule has 2 aliphatic carbocycles. The predicted octanol–water partition coefficient (Wildman–Crippen LogP) is 11.9. The predicted molar refractivity (Wildman–Crippen MR) is 201 cm³/mol. The van der Waals surface area contributed by atoms with Crippen molar-refractivity contribution >= 4 is 32.3 Å². The number of pyridine rings is 2. The molecule has 0 aliphatic heterocycles. The van der Waals surface area contributed by atoms with Crippen LogP contribution >= 0.6 is 0 Å². The van der Waals surface area contributed by atoms with E-state index in [-0.39, 0.29) is 10.8 Å². The number of benzene rings is 6. The second kappa shape index (κ2) is 9.49. The summed E-state index contributed by atoms with van der Waals surface area (Å²) in [5, 5.41) is 7.35. The van der Waals surface area contributed by atoms with E-state index in [9.17, 15) is 0 Å². The molecule has 2 nitrogen and oxygen atoms in total. The van der Waals surface area contributed by atoms with E-state index < -0.39 is 0 Å². The lowest BCUT2D eigenvalue weighted by atomic mass is 9.79. The van der Waals surface area contributed by atoms with Gasteiger partial charge in [0.15, 0.2) is 0 Å². The van der Waals surface area contributed by atoms with Crippen LogP contribution in [0.2, 0.25) is 0 Å². The van der Waals surface area contributed by atoms with Gasteiger partial charge in [-0.1, -0.05) is 113 Å². The third kappa shape index (κ3) is 3.58. The first-order valence-electron chi connectivity index (χ1n) is 16.9. The molecule has 0 saturated carbocycles. The zero-order chi connectivity index (χ0) is 32.4. The largest absolute Gasteiger partial charge is 0.256 e. The zero-order valence-corrected chi connectivity index (χ0v) is 27.6. The maximum Gasteiger partial charge on any atom is 0.0786 e. The summed E-state index contributed by atoms with van der Waals surface area (Å²) in [6.07, 6.45) is 3.88. The van der Waals surface area contributed by atoms with Gasteiger partial charge in [-0.2, -0.15) is 0 Å². The Balaban J connectivity index is 1.18. The molecule has 10 rings (SSSR count). The van der Waals surface area contributed by atoms with E-state index in [4.69, 9.17) is 9.97 Å². The zero-order valence-electron chi connectivity index (χ0n) is 27.6. The summed E-state index contributed by atoms with van der Waals surface area (Å²) >= 11 is 0. The molecule has 8 aromatic rings. The fraction of sp³-hybridized carbons (Fsp3) is 0.130. The highest BCUT2D eigenvalue weighted by atomic mass is 14.7. The summed E-state index contributed by atoms with van der Waals surface area (Å²) in [5.74, 6) is 0. The standard InChI is InChI=1S/C46H34N2/c1-45(2)38-23-29(43-30-13-7-5-11-27(30)19-21-47-43)17-18-33(38)35-24-40-37(26-39(35)45)42-34-16-10-9-15-32(34)36(25-41(42)46(40,3)4)44-31-14-8-6-12-28(31)20-22-48-44/h5-26H,1-4H3. The summed E-state index contributed by atoms with van der Waals surface area (Å²) < 4.78 is 0. The van der Waals surface area contributed by atoms with Crippen LogP contribution in [-0.4, -0.2) is 9.97 Å². The average molecular weight is 615 g/mol. The van der Waals surface area contributed by atoms with Crippen LogP contribution in [0.25, 0.3) is 77.1 Å². The number of nitrogens with zero attached hydrogens (tertiary/aromatic N) is 2. The van der Waals surface area contributed by atoms with Crippen LogP contribution in [0, 0.1) is 0 Å². The van der Waals surface area contributed by atoms with Crippen LogP contribution in [0.1, 0.15) is 49.9 Å². The van der Waals surface area contributed by atoms with Gasteiger partial charge in [0.05, 0.1) is 11.4 Å². The van der Waals surface area contributed by atoms with Crippen molar-refractivity contribution in [3.8, 4) is 44.8 Å². The second-order valence-corrected chi connectivity index (χ2v) is 14.6. The monoisotopic (exact) mass is 614 g/mol. The topological polar surface area (TPSA) is 25.8 Å². The van der Waals surface area contributed by atoms with Crippen LogP contribution in [-0.2, 0) is 10.8 Å². The van der Waals surface area contributed by atoms with Crippen molar-refractivity contribution in [1.82, 2.24) is 9.97 Å². The normalized spacial score (nSPS) is 15.0. The summed E-state index contributed by atoms with van der Waals surface area (Å²) in [6, 6.07) is 44.8. The van der Waals surface area contributed by atoms with Gasteiger partial charge in [0.1, 0.15) is 0 Å². The molecule has 0 N–H and O–H groups in total. The SMILES string of the molecule is CC1(C)c2cc(-c3nccc4ccccc34)ccc2-c2cc3c(cc21)-c1c(cc(-c2nccc4ccccc24)c2ccccc12)C3(C)C. The molecule has 6 aromatic carbocycles. The van der Waals surface area contributed by atoms with Crippen LogP contribution < -0.4 is 0 Å². The fourth-order valence-electron chi connectivity index (χ4n) is 8.84. The summed E-state index contributed by atoms with van der Waals surface area (Å²) in [5.41, 5.74) is 15.1. The first-order valence-corrected chi connectivity index (χ1v) is 16.9. The highest BCUT2D eigenvalue weighted by molar-refractivity contribution is 6.12. The molecule has 2 heterocycles. The number of hydrogen-bond donors (Lipinski definition) is 0. The number of aromatic nitrogens is 2. The fourth-order valence-corrected chi connectivity index (χ4v) is 8.84. The van der Waals surface area contributed by atoms with Gasteiger partial charge in [-0.3, -0.25) is 9.97 Å². The van der Waals surface area contributed by atoms with Crippen LogP contribution in [0.15, 0.2) is 134 Å². The minimum absolute atomic E-state index is 0.157. The second-order valence-electron chi connectivity index (χ2n) is 14.6. The molecular formula is C46H34N2. The Hall–Kier alpha value is -5.60. The smallest absolute Gasteiger partial charge is 0.0786 e. The van der Waals surface area contributed by atoms with Crippen molar-refractivity contribution in [2.75, 3.05) is 0 Å². The van der Waals surface area contributed by atoms with Crippen LogP contribution in [0.4, 0.5) is 0 Å². The summed E-state index contributed by atoms with van der Waals surface area (Å²) in [7, 11) is 0. The van der Waals surface area contributed by atoms with Crippen LogP contribution in [0.5, 0.6) is 0 Å². The average Bonchev–Trinajstić information content (AvgIpc) is 3.48. The van der Waals surface area contributed by atoms with Gasteiger partial charge < -0.3 is 0 Å². The molecule has 0 unspecified atom stereocenters. The molecule has 0 saturated heterocycles. The highest BCUT2D eigenvalue weighted by Gasteiger charge is 2.42. The van der Waals surface area contributed by atoms with Crippen LogP contribution in [0.3, 0.4) is 0 Å². The number of hydrogen-bond acceptors (Lipinski definition) is 2. The van der Waals surface area contributed by atoms with Gasteiger partial charge in [-0.25, -0.2) is 0 Å². The van der Waals surface area contributed by atoms with E-state index in [1.807, 2.05) is 12.4 Å². The van der Waals surface area contributed by atoms with E-state index in [1.54, 1.807) is 0 Å². The first kappa shape index (κ1) is 27.5. The van der Waals surface area contributed by atoms with E-state index in [2.05, 4.69) is 149 Å². The quantitative estimate of drug-likeness (QED) is 0.194. The number of fused-ring (bicyclic) bond motifs is 10. The molecule has 0 radical (unpaired) electrons. The van der Waals surface area contributed by atoms with Crippen molar-refractivity contribution in [2.24, 2.45) is 0 Å². The molecule has 0 bridgehead atoms. The Labute approximate surface area is 280 Å². The lowest BCUT2D eigenvalue weighted by Crippen LogP contribution is -2.17. The number of rotatable bonds is 2. The van der Waals surface area contributed by atoms with Crippen molar-refractivity contribution in [3.05, 3.63) is 156 Å². The Kier molecular flexibility index (Phi) is 5.44. The Morgan fingerprint density at radius 2 is 0.917 bits per heavy atom. The minimum Gasteiger partial charge on any atom is -0.256 e. The molecule has 0 amide bonds. The van der Waals surface area contributed by atoms with E-state index in [1.165, 1.54) is 88.0 Å². The van der Waals surface area contributed by atoms with E-state index in [0.717, 1.165) is 11.4 Å². The molecular weight excluding hydrogens is 581 g/mol. The van der Waals surface area contributed by atoms with E-state index in [0.29, 0.717) is 0 Å². The van der Waals surface area contributed by atoms with Gasteiger partial charge in [-0.05, 0) is 102 Å². The molecule has 2 aliphatic rings. The lowest BCUT2D eigenvalue weighted by Gasteiger charge is -2.24. The van der Waals surface area contributed by atoms with Gasteiger partial charge >= 0.3 is 0 Å². The molecule has 2 heteroatoms. The molecule has 0 fully saturated rings. The Morgan fingerprint density at radius 1 is 0.396 bits per heavy atom. The summed E-state index contributed by atoms with van der Waals surface area (Å²) in [4.78, 5) is 9.85. The third-order valence-corrected chi connectivity index (χ3v) is 11.4. The summed E-state index contributed by atoms with van der Waals surface area (Å²) in [6.45, 7) is 9.57. The first-order chi connectivity index (χ1) is 23.3. The molecule has 228 valence electrons.